The summed E-state index contributed by atoms with van der Waals surface area (Å²) in [4.78, 5) is 49.9. The predicted molar refractivity (Wildman–Crippen MR) is 310 cm³/mol. The highest BCUT2D eigenvalue weighted by Crippen LogP contribution is 2.40. The van der Waals surface area contributed by atoms with Crippen LogP contribution in [0.15, 0.2) is 72.8 Å². The number of benzene rings is 4. The molecule has 0 saturated carbocycles. The lowest BCUT2D eigenvalue weighted by atomic mass is 9.76. The van der Waals surface area contributed by atoms with E-state index in [-0.39, 0.29) is 81.4 Å². The molecule has 4 aromatic rings. The number of carbonyl (C=O) groups excluding carboxylic acids is 4. The smallest absolute Gasteiger partial charge is 0.143 e. The van der Waals surface area contributed by atoms with Gasteiger partial charge in [0.2, 0.25) is 0 Å². The standard InChI is InChI=1S/2C15H19Cl2NO.2C15H19ClFNO/c2*1-15(2,3)14(19)11-8-18-7-10(11)9-4-5-12(16)13(17)6-9;2*1-15(2,3)14(19)12-8-18-7-11(12)10-5-4-9(16)6-13(10)17/h2*4-6,10-11,18H,7-8H2,1-3H3;2*4-6,11-12,18H,7-8H2,1-3H3/t2*10-,11+;2*11-,12+/m1010/s1. The fraction of sp³-hybridized carbons (Fsp3) is 0.533. The van der Waals surface area contributed by atoms with Crippen LogP contribution in [0.2, 0.25) is 30.1 Å². The fourth-order valence-electron chi connectivity index (χ4n) is 10.5. The molecule has 4 aliphatic heterocycles. The monoisotopic (exact) mass is 1160 g/mol. The van der Waals surface area contributed by atoms with Crippen LogP contribution >= 0.6 is 69.6 Å². The largest absolute Gasteiger partial charge is 0.315 e. The molecule has 4 heterocycles. The highest BCUT2D eigenvalue weighted by atomic mass is 35.5. The van der Waals surface area contributed by atoms with Gasteiger partial charge in [0.1, 0.15) is 34.8 Å². The van der Waals surface area contributed by atoms with Crippen LogP contribution in [-0.4, -0.2) is 75.5 Å². The molecule has 4 aliphatic rings. The minimum atomic E-state index is -0.405. The van der Waals surface area contributed by atoms with Gasteiger partial charge in [0.05, 0.1) is 20.1 Å². The third-order valence-electron chi connectivity index (χ3n) is 14.6. The Bertz CT molecular complexity index is 2530. The summed E-state index contributed by atoms with van der Waals surface area (Å²) in [6.07, 6.45) is 0. The van der Waals surface area contributed by atoms with E-state index >= 15 is 0 Å². The minimum Gasteiger partial charge on any atom is -0.315 e. The zero-order chi connectivity index (χ0) is 56.8. The normalized spacial score (nSPS) is 23.6. The summed E-state index contributed by atoms with van der Waals surface area (Å²) >= 11 is 35.6. The van der Waals surface area contributed by atoms with Crippen LogP contribution in [0.5, 0.6) is 0 Å². The molecule has 16 heteroatoms. The van der Waals surface area contributed by atoms with Crippen LogP contribution in [0, 0.1) is 57.0 Å². The van der Waals surface area contributed by atoms with Crippen molar-refractivity contribution in [3.05, 3.63) is 137 Å². The molecule has 0 aliphatic carbocycles. The number of nitrogens with one attached hydrogen (secondary N) is 4. The van der Waals surface area contributed by atoms with Gasteiger partial charge in [-0.3, -0.25) is 19.2 Å². The lowest BCUT2D eigenvalue weighted by molar-refractivity contribution is -0.130. The first-order chi connectivity index (χ1) is 35.2. The van der Waals surface area contributed by atoms with E-state index in [0.717, 1.165) is 37.3 Å². The molecule has 8 nitrogen and oxygen atoms in total. The number of ketones is 4. The van der Waals surface area contributed by atoms with E-state index in [1.54, 1.807) is 36.4 Å². The number of rotatable bonds is 8. The first-order valence-corrected chi connectivity index (χ1v) is 28.3. The van der Waals surface area contributed by atoms with E-state index < -0.39 is 10.8 Å². The van der Waals surface area contributed by atoms with E-state index in [2.05, 4.69) is 21.3 Å². The van der Waals surface area contributed by atoms with Crippen LogP contribution in [-0.2, 0) is 19.2 Å². The van der Waals surface area contributed by atoms with E-state index in [9.17, 15) is 28.0 Å². The molecule has 4 saturated heterocycles. The molecule has 4 aromatic carbocycles. The zero-order valence-electron chi connectivity index (χ0n) is 45.9. The van der Waals surface area contributed by atoms with E-state index in [0.29, 0.717) is 79.0 Å². The van der Waals surface area contributed by atoms with Gasteiger partial charge >= 0.3 is 0 Å². The van der Waals surface area contributed by atoms with Crippen molar-refractivity contribution >= 4 is 92.7 Å². The summed E-state index contributed by atoms with van der Waals surface area (Å²) in [6.45, 7) is 28.8. The second-order valence-corrected chi connectivity index (χ2v) is 27.1. The maximum absolute atomic E-state index is 14.0. The highest BCUT2D eigenvalue weighted by Gasteiger charge is 2.43. The second-order valence-electron chi connectivity index (χ2n) is 24.6. The topological polar surface area (TPSA) is 116 Å². The number of hydrogen-bond donors (Lipinski definition) is 4. The summed E-state index contributed by atoms with van der Waals surface area (Å²) in [5.41, 5.74) is 1.89. The van der Waals surface area contributed by atoms with Crippen molar-refractivity contribution in [3.63, 3.8) is 0 Å². The van der Waals surface area contributed by atoms with Gasteiger partial charge in [0.15, 0.2) is 0 Å². The van der Waals surface area contributed by atoms with Crippen molar-refractivity contribution in [3.8, 4) is 0 Å². The van der Waals surface area contributed by atoms with Crippen LogP contribution in [0.3, 0.4) is 0 Å². The van der Waals surface area contributed by atoms with Gasteiger partial charge < -0.3 is 21.3 Å². The molecule has 0 bridgehead atoms. The second kappa shape index (κ2) is 26.5. The maximum atomic E-state index is 14.0. The Morgan fingerprint density at radius 1 is 0.368 bits per heavy atom. The van der Waals surface area contributed by atoms with E-state index in [1.807, 2.05) is 107 Å². The van der Waals surface area contributed by atoms with E-state index in [1.165, 1.54) is 12.1 Å². The van der Waals surface area contributed by atoms with Crippen LogP contribution in [0.4, 0.5) is 8.78 Å². The Balaban J connectivity index is 0.000000187. The summed E-state index contributed by atoms with van der Waals surface area (Å²) in [5.74, 6) is 0.133. The number of Topliss-reactive ketones (excluding diaryl/α,β-unsaturated/α-hetero) is 4. The fourth-order valence-corrected chi connectivity index (χ4v) is 11.4. The molecule has 4 N–H and O–H groups in total. The van der Waals surface area contributed by atoms with Crippen LogP contribution in [0.1, 0.15) is 129 Å². The van der Waals surface area contributed by atoms with Gasteiger partial charge in [-0.1, -0.05) is 177 Å². The molecule has 416 valence electrons. The molecule has 0 aromatic heterocycles. The molecule has 76 heavy (non-hydrogen) atoms. The lowest BCUT2D eigenvalue weighted by Gasteiger charge is -2.25. The highest BCUT2D eigenvalue weighted by molar-refractivity contribution is 6.42. The van der Waals surface area contributed by atoms with Gasteiger partial charge in [-0.05, 0) is 70.8 Å². The quantitative estimate of drug-likeness (QED) is 0.138. The molecule has 4 fully saturated rings. The first-order valence-electron chi connectivity index (χ1n) is 26.0. The Morgan fingerprint density at radius 3 is 0.882 bits per heavy atom. The van der Waals surface area contributed by atoms with Crippen molar-refractivity contribution in [2.45, 2.75) is 107 Å². The minimum absolute atomic E-state index is 0.0113. The Labute approximate surface area is 480 Å². The Morgan fingerprint density at radius 2 is 0.632 bits per heavy atom. The van der Waals surface area contributed by atoms with Crippen molar-refractivity contribution < 1.29 is 28.0 Å². The lowest BCUT2D eigenvalue weighted by Crippen LogP contribution is -2.32. The van der Waals surface area contributed by atoms with Gasteiger partial charge in [-0.25, -0.2) is 8.78 Å². The van der Waals surface area contributed by atoms with Gasteiger partial charge in [-0.15, -0.1) is 0 Å². The molecule has 0 amide bonds. The molecular weight excluding hydrogens is 1090 g/mol. The van der Waals surface area contributed by atoms with Gasteiger partial charge in [-0.2, -0.15) is 0 Å². The summed E-state index contributed by atoms with van der Waals surface area (Å²) in [5, 5.41) is 16.0. The Kier molecular flexibility index (Phi) is 22.3. The predicted octanol–water partition coefficient (Wildman–Crippen LogP) is 14.6. The van der Waals surface area contributed by atoms with Crippen molar-refractivity contribution in [2.75, 3.05) is 52.4 Å². The third kappa shape index (κ3) is 16.5. The van der Waals surface area contributed by atoms with Gasteiger partial charge in [0, 0.05) is 131 Å². The van der Waals surface area contributed by atoms with Crippen LogP contribution < -0.4 is 21.3 Å². The van der Waals surface area contributed by atoms with Crippen molar-refractivity contribution in [1.29, 1.82) is 0 Å². The van der Waals surface area contributed by atoms with Crippen molar-refractivity contribution in [2.24, 2.45) is 45.3 Å². The SMILES string of the molecule is CC(C)(C)C(=O)[C@@H]1CNC[C@H]1c1ccc(Cl)c(Cl)c1.CC(C)(C)C(=O)[C@@H]1CNC[C@H]1c1ccc(Cl)cc1F.CC(C)(C)C(=O)[C@H]1CNC[C@@H]1c1ccc(Cl)c(Cl)c1.CC(C)(C)C(=O)[C@H]1CNC[C@@H]1c1ccc(Cl)cc1F. The maximum Gasteiger partial charge on any atom is 0.143 e. The Hall–Kier alpha value is -3.00. The third-order valence-corrected chi connectivity index (χ3v) is 16.6. The first kappa shape index (κ1) is 63.8. The summed E-state index contributed by atoms with van der Waals surface area (Å²) in [6, 6.07) is 20.7. The molecule has 8 rings (SSSR count). The summed E-state index contributed by atoms with van der Waals surface area (Å²) < 4.78 is 28.0. The zero-order valence-corrected chi connectivity index (χ0v) is 50.4. The van der Waals surface area contributed by atoms with E-state index in [4.69, 9.17) is 69.6 Å². The molecule has 0 spiro atoms. The molecule has 0 unspecified atom stereocenters. The average molecular weight is 1170 g/mol. The van der Waals surface area contributed by atoms with Crippen molar-refractivity contribution in [1.82, 2.24) is 21.3 Å². The number of carbonyl (C=O) groups is 4. The molecular formula is C60H76Cl6F2N4O4. The molecule has 8 atom stereocenters. The average Bonchev–Trinajstić information content (AvgIpc) is 4.18. The van der Waals surface area contributed by atoms with Gasteiger partial charge in [0.25, 0.3) is 0 Å². The number of halogens is 8. The number of hydrogen-bond acceptors (Lipinski definition) is 8. The van der Waals surface area contributed by atoms with Crippen LogP contribution in [0.25, 0.3) is 0 Å². The summed E-state index contributed by atoms with van der Waals surface area (Å²) in [7, 11) is 0. The molecule has 0 radical (unpaired) electrons.